The smallest absolute Gasteiger partial charge is 0.165 e. The van der Waals surface area contributed by atoms with Crippen molar-refractivity contribution in [1.82, 2.24) is 29.9 Å². The zero-order chi connectivity index (χ0) is 41.0. The highest BCUT2D eigenvalue weighted by Gasteiger charge is 2.22. The second-order valence-corrected chi connectivity index (χ2v) is 17.2. The molecular weight excluding hydrogens is 797 g/mol. The SMILES string of the molecule is c1ccc(-c2nc(-c3ccccc3)nc(-c3cc(-c4nc(-c5ccccc5)nc(-c5cccc6c5sc5ccccc56)n4)ccc3-c3cccc4sc5ccccc5c34)n2)cc1. The Morgan fingerprint density at radius 3 is 1.34 bits per heavy atom. The number of hydrogen-bond donors (Lipinski definition) is 0. The predicted octanol–water partition coefficient (Wildman–Crippen LogP) is 14.5. The highest BCUT2D eigenvalue weighted by molar-refractivity contribution is 7.26. The third-order valence-corrected chi connectivity index (χ3v) is 13.6. The first-order valence-electron chi connectivity index (χ1n) is 20.4. The third-order valence-electron chi connectivity index (χ3n) is 11.2. The number of aromatic nitrogens is 6. The summed E-state index contributed by atoms with van der Waals surface area (Å²) in [4.78, 5) is 31.2. The van der Waals surface area contributed by atoms with Gasteiger partial charge in [-0.3, -0.25) is 0 Å². The Kier molecular flexibility index (Phi) is 8.76. The van der Waals surface area contributed by atoms with Gasteiger partial charge in [0.2, 0.25) is 0 Å². The van der Waals surface area contributed by atoms with Crippen molar-refractivity contribution in [2.75, 3.05) is 0 Å². The van der Waals surface area contributed by atoms with Crippen molar-refractivity contribution in [2.45, 2.75) is 0 Å². The number of rotatable bonds is 7. The molecule has 0 unspecified atom stereocenters. The largest absolute Gasteiger partial charge is 0.208 e. The van der Waals surface area contributed by atoms with E-state index >= 15 is 0 Å². The number of hydrogen-bond acceptors (Lipinski definition) is 8. The molecule has 0 fully saturated rings. The lowest BCUT2D eigenvalue weighted by Crippen LogP contribution is -2.03. The highest BCUT2D eigenvalue weighted by Crippen LogP contribution is 2.44. The van der Waals surface area contributed by atoms with Gasteiger partial charge in [-0.05, 0) is 41.5 Å². The first kappa shape index (κ1) is 36.1. The number of thiophene rings is 2. The molecule has 12 rings (SSSR count). The van der Waals surface area contributed by atoms with Gasteiger partial charge in [-0.2, -0.15) is 0 Å². The summed E-state index contributed by atoms with van der Waals surface area (Å²) < 4.78 is 4.83. The zero-order valence-corrected chi connectivity index (χ0v) is 34.6. The summed E-state index contributed by atoms with van der Waals surface area (Å²) >= 11 is 3.57. The molecule has 4 aromatic heterocycles. The second-order valence-electron chi connectivity index (χ2n) is 15.0. The van der Waals surface area contributed by atoms with Gasteiger partial charge in [0.05, 0.1) is 0 Å². The van der Waals surface area contributed by atoms with Gasteiger partial charge in [-0.25, -0.2) is 29.9 Å². The first-order valence-corrected chi connectivity index (χ1v) is 22.0. The van der Waals surface area contributed by atoms with Crippen molar-refractivity contribution in [2.24, 2.45) is 0 Å². The van der Waals surface area contributed by atoms with E-state index in [-0.39, 0.29) is 0 Å². The van der Waals surface area contributed by atoms with Gasteiger partial charge in [0.25, 0.3) is 0 Å². The molecule has 0 bridgehead atoms. The van der Waals surface area contributed by atoms with Gasteiger partial charge in [0.15, 0.2) is 34.9 Å². The molecular formula is C54H32N6S2. The first-order chi connectivity index (χ1) is 30.7. The Morgan fingerprint density at radius 1 is 0.258 bits per heavy atom. The highest BCUT2D eigenvalue weighted by atomic mass is 32.1. The van der Waals surface area contributed by atoms with Crippen molar-refractivity contribution in [1.29, 1.82) is 0 Å². The van der Waals surface area contributed by atoms with Crippen LogP contribution in [0.1, 0.15) is 0 Å². The van der Waals surface area contributed by atoms with Gasteiger partial charge >= 0.3 is 0 Å². The summed E-state index contributed by atoms with van der Waals surface area (Å²) in [5, 5.41) is 4.83. The summed E-state index contributed by atoms with van der Waals surface area (Å²) in [6, 6.07) is 66.9. The van der Waals surface area contributed by atoms with Gasteiger partial charge in [0.1, 0.15) is 0 Å². The molecule has 0 spiro atoms. The van der Waals surface area contributed by atoms with E-state index in [2.05, 4.69) is 103 Å². The molecule has 290 valence electrons. The van der Waals surface area contributed by atoms with Crippen molar-refractivity contribution in [3.8, 4) is 79.5 Å². The molecule has 0 aliphatic carbocycles. The van der Waals surface area contributed by atoms with Crippen molar-refractivity contribution in [3.05, 3.63) is 194 Å². The molecule has 4 heterocycles. The summed E-state index contributed by atoms with van der Waals surface area (Å²) in [6.45, 7) is 0. The van der Waals surface area contributed by atoms with Crippen LogP contribution in [0.2, 0.25) is 0 Å². The molecule has 0 atom stereocenters. The van der Waals surface area contributed by atoms with Crippen LogP contribution in [0.15, 0.2) is 194 Å². The van der Waals surface area contributed by atoms with E-state index in [0.717, 1.165) is 49.2 Å². The van der Waals surface area contributed by atoms with Crippen LogP contribution < -0.4 is 0 Å². The topological polar surface area (TPSA) is 77.3 Å². The second kappa shape index (κ2) is 15.0. The van der Waals surface area contributed by atoms with Crippen LogP contribution in [0.25, 0.3) is 120 Å². The summed E-state index contributed by atoms with van der Waals surface area (Å²) in [7, 11) is 0. The Labute approximate surface area is 364 Å². The van der Waals surface area contributed by atoms with Crippen LogP contribution in [0, 0.1) is 0 Å². The van der Waals surface area contributed by atoms with E-state index in [1.165, 1.54) is 35.6 Å². The standard InChI is InChI=1S/C54H32N6S2/c1-4-16-33(17-5-1)49-55-50(34-18-6-2-7-19-34)59-54(58-49)43-32-36(30-31-37(43)39-24-15-29-46-47(39)41-23-11-13-28-45(41)61-46)52-56-51(35-20-8-3-9-21-35)57-53(60-52)42-26-14-25-40-38-22-10-12-27-44(38)62-48(40)42/h1-32H. The maximum atomic E-state index is 5.30. The van der Waals surface area contributed by atoms with E-state index in [1.807, 2.05) is 91.0 Å². The van der Waals surface area contributed by atoms with E-state index in [4.69, 9.17) is 29.9 Å². The minimum Gasteiger partial charge on any atom is -0.208 e. The van der Waals surface area contributed by atoms with Crippen LogP contribution in [-0.4, -0.2) is 29.9 Å². The molecule has 0 radical (unpaired) electrons. The molecule has 0 aliphatic heterocycles. The van der Waals surface area contributed by atoms with Crippen LogP contribution in [0.4, 0.5) is 0 Å². The summed E-state index contributed by atoms with van der Waals surface area (Å²) in [6.07, 6.45) is 0. The fourth-order valence-corrected chi connectivity index (χ4v) is 10.6. The van der Waals surface area contributed by atoms with Gasteiger partial charge < -0.3 is 0 Å². The average molecular weight is 829 g/mol. The minimum atomic E-state index is 0.554. The van der Waals surface area contributed by atoms with E-state index in [9.17, 15) is 0 Å². The molecule has 8 aromatic carbocycles. The number of benzene rings is 8. The quantitative estimate of drug-likeness (QED) is 0.159. The normalized spacial score (nSPS) is 11.5. The van der Waals surface area contributed by atoms with Crippen molar-refractivity contribution >= 4 is 63.0 Å². The molecule has 0 N–H and O–H groups in total. The van der Waals surface area contributed by atoms with Gasteiger partial charge in [0, 0.05) is 73.7 Å². The maximum Gasteiger partial charge on any atom is 0.165 e. The fourth-order valence-electron chi connectivity index (χ4n) is 8.30. The Hall–Kier alpha value is -7.78. The molecule has 8 heteroatoms. The van der Waals surface area contributed by atoms with Crippen LogP contribution >= 0.6 is 22.7 Å². The van der Waals surface area contributed by atoms with Crippen LogP contribution in [0.5, 0.6) is 0 Å². The third kappa shape index (κ3) is 6.32. The predicted molar refractivity (Wildman–Crippen MR) is 257 cm³/mol. The van der Waals surface area contributed by atoms with Crippen molar-refractivity contribution < 1.29 is 0 Å². The lowest BCUT2D eigenvalue weighted by Gasteiger charge is -2.15. The van der Waals surface area contributed by atoms with Crippen LogP contribution in [0.3, 0.4) is 0 Å². The molecule has 12 aromatic rings. The molecule has 0 amide bonds. The number of fused-ring (bicyclic) bond motifs is 6. The Bertz CT molecular complexity index is 3580. The maximum absolute atomic E-state index is 5.30. The fraction of sp³-hybridized carbons (Fsp3) is 0. The molecule has 0 saturated carbocycles. The zero-order valence-electron chi connectivity index (χ0n) is 33.0. The van der Waals surface area contributed by atoms with Crippen molar-refractivity contribution in [3.63, 3.8) is 0 Å². The Balaban J connectivity index is 1.13. The monoisotopic (exact) mass is 828 g/mol. The van der Waals surface area contributed by atoms with Gasteiger partial charge in [-0.15, -0.1) is 22.7 Å². The molecule has 0 aliphatic rings. The van der Waals surface area contributed by atoms with Gasteiger partial charge in [-0.1, -0.05) is 164 Å². The lowest BCUT2D eigenvalue weighted by atomic mass is 9.93. The van der Waals surface area contributed by atoms with Crippen LogP contribution in [-0.2, 0) is 0 Å². The summed E-state index contributed by atoms with van der Waals surface area (Å²) in [5.41, 5.74) is 7.45. The van der Waals surface area contributed by atoms with E-state index in [1.54, 1.807) is 22.7 Å². The number of nitrogens with zero attached hydrogens (tertiary/aromatic N) is 6. The average Bonchev–Trinajstić information content (AvgIpc) is 3.93. The van der Waals surface area contributed by atoms with E-state index in [0.29, 0.717) is 34.9 Å². The summed E-state index contributed by atoms with van der Waals surface area (Å²) in [5.74, 6) is 3.51. The Morgan fingerprint density at radius 2 is 0.710 bits per heavy atom. The molecule has 0 saturated heterocycles. The molecule has 6 nitrogen and oxygen atoms in total. The molecule has 62 heavy (non-hydrogen) atoms. The minimum absolute atomic E-state index is 0.554. The lowest BCUT2D eigenvalue weighted by molar-refractivity contribution is 1.07. The van der Waals surface area contributed by atoms with E-state index < -0.39 is 0 Å².